The lowest BCUT2D eigenvalue weighted by molar-refractivity contribution is -0.121. The number of carbonyl (C=O) groups excluding carboxylic acids is 1. The molecule has 0 bridgehead atoms. The third kappa shape index (κ3) is 3.23. The van der Waals surface area contributed by atoms with Gasteiger partial charge >= 0.3 is 0 Å². The second-order valence-corrected chi connectivity index (χ2v) is 5.31. The molecule has 0 spiro atoms. The van der Waals surface area contributed by atoms with E-state index in [-0.39, 0.29) is 5.91 Å². The molecule has 0 radical (unpaired) electrons. The predicted octanol–water partition coefficient (Wildman–Crippen LogP) is 2.46. The van der Waals surface area contributed by atoms with E-state index in [2.05, 4.69) is 15.5 Å². The number of benzene rings is 1. The van der Waals surface area contributed by atoms with Crippen molar-refractivity contribution in [3.63, 3.8) is 0 Å². The van der Waals surface area contributed by atoms with Crippen LogP contribution in [-0.2, 0) is 11.3 Å². The van der Waals surface area contributed by atoms with Crippen molar-refractivity contribution < 1.29 is 9.32 Å². The van der Waals surface area contributed by atoms with Gasteiger partial charge in [-0.1, -0.05) is 22.9 Å². The first-order valence-corrected chi connectivity index (χ1v) is 6.87. The van der Waals surface area contributed by atoms with E-state index in [9.17, 15) is 4.79 Å². The molecule has 1 aromatic heterocycles. The van der Waals surface area contributed by atoms with Gasteiger partial charge in [-0.3, -0.25) is 4.79 Å². The van der Waals surface area contributed by atoms with Gasteiger partial charge in [-0.2, -0.15) is 4.98 Å². The number of amides is 1. The van der Waals surface area contributed by atoms with Crippen molar-refractivity contribution in [2.24, 2.45) is 5.92 Å². The molecular formula is C15H17N3O2. The Balaban J connectivity index is 1.60. The molecule has 5 nitrogen and oxygen atoms in total. The van der Waals surface area contributed by atoms with Crippen LogP contribution in [0.5, 0.6) is 0 Å². The summed E-state index contributed by atoms with van der Waals surface area (Å²) >= 11 is 0. The zero-order valence-electron chi connectivity index (χ0n) is 11.4. The highest BCUT2D eigenvalue weighted by Crippen LogP contribution is 2.32. The average Bonchev–Trinajstić information content (AvgIpc) is 3.11. The molecule has 1 fully saturated rings. The summed E-state index contributed by atoms with van der Waals surface area (Å²) in [5, 5.41) is 6.71. The molecule has 1 aliphatic carbocycles. The Labute approximate surface area is 117 Å². The van der Waals surface area contributed by atoms with Crippen LogP contribution in [0.25, 0.3) is 11.5 Å². The monoisotopic (exact) mass is 271 g/mol. The Hall–Kier alpha value is -2.17. The smallest absolute Gasteiger partial charge is 0.257 e. The maximum absolute atomic E-state index is 11.6. The molecule has 0 saturated heterocycles. The molecular weight excluding hydrogens is 254 g/mol. The topological polar surface area (TPSA) is 68.0 Å². The van der Waals surface area contributed by atoms with Crippen LogP contribution in [0.4, 0.5) is 0 Å². The third-order valence-electron chi connectivity index (χ3n) is 3.35. The minimum absolute atomic E-state index is 0.0643. The van der Waals surface area contributed by atoms with Crippen molar-refractivity contribution in [3.05, 3.63) is 35.7 Å². The van der Waals surface area contributed by atoms with Crippen LogP contribution in [0.3, 0.4) is 0 Å². The first-order valence-electron chi connectivity index (χ1n) is 6.87. The Morgan fingerprint density at radius 1 is 1.45 bits per heavy atom. The number of aromatic nitrogens is 2. The molecule has 0 unspecified atom stereocenters. The molecule has 2 aromatic rings. The van der Waals surface area contributed by atoms with Crippen molar-refractivity contribution in [3.8, 4) is 11.5 Å². The van der Waals surface area contributed by atoms with E-state index in [4.69, 9.17) is 4.52 Å². The van der Waals surface area contributed by atoms with E-state index >= 15 is 0 Å². The number of nitrogens with one attached hydrogen (secondary N) is 1. The van der Waals surface area contributed by atoms with E-state index in [1.807, 2.05) is 31.2 Å². The summed E-state index contributed by atoms with van der Waals surface area (Å²) in [5.41, 5.74) is 2.04. The van der Waals surface area contributed by atoms with Gasteiger partial charge < -0.3 is 9.84 Å². The summed E-state index contributed by atoms with van der Waals surface area (Å²) < 4.78 is 5.22. The van der Waals surface area contributed by atoms with Gasteiger partial charge in [0.15, 0.2) is 5.82 Å². The van der Waals surface area contributed by atoms with Crippen LogP contribution in [0.15, 0.2) is 28.8 Å². The quantitative estimate of drug-likeness (QED) is 0.907. The summed E-state index contributed by atoms with van der Waals surface area (Å²) in [6.07, 6.45) is 2.96. The van der Waals surface area contributed by atoms with Gasteiger partial charge in [0.2, 0.25) is 5.91 Å². The highest BCUT2D eigenvalue weighted by atomic mass is 16.5. The standard InChI is InChI=1S/C15H17N3O2/c1-10-3-2-4-12(7-10)15-17-13(18-20-15)9-16-14(19)8-11-5-6-11/h2-4,7,11H,5-6,8-9H2,1H3,(H,16,19). The van der Waals surface area contributed by atoms with Gasteiger partial charge in [-0.15, -0.1) is 0 Å². The molecule has 5 heteroatoms. The van der Waals surface area contributed by atoms with Crippen LogP contribution in [-0.4, -0.2) is 16.0 Å². The summed E-state index contributed by atoms with van der Waals surface area (Å²) in [7, 11) is 0. The molecule has 1 amide bonds. The summed E-state index contributed by atoms with van der Waals surface area (Å²) in [6, 6.07) is 7.88. The molecule has 0 atom stereocenters. The van der Waals surface area contributed by atoms with Crippen LogP contribution >= 0.6 is 0 Å². The van der Waals surface area contributed by atoms with E-state index in [1.165, 1.54) is 12.8 Å². The fraction of sp³-hybridized carbons (Fsp3) is 0.400. The van der Waals surface area contributed by atoms with Gasteiger partial charge in [0.05, 0.1) is 6.54 Å². The normalized spacial score (nSPS) is 14.2. The van der Waals surface area contributed by atoms with E-state index in [1.54, 1.807) is 0 Å². The van der Waals surface area contributed by atoms with Gasteiger partial charge in [-0.05, 0) is 37.8 Å². The SMILES string of the molecule is Cc1cccc(-c2nc(CNC(=O)CC3CC3)no2)c1. The lowest BCUT2D eigenvalue weighted by Gasteiger charge is -2.00. The Kier molecular flexibility index (Phi) is 3.50. The first-order chi connectivity index (χ1) is 9.70. The minimum atomic E-state index is 0.0643. The average molecular weight is 271 g/mol. The zero-order valence-corrected chi connectivity index (χ0v) is 11.4. The molecule has 1 aromatic carbocycles. The second-order valence-electron chi connectivity index (χ2n) is 5.31. The largest absolute Gasteiger partial charge is 0.349 e. The van der Waals surface area contributed by atoms with Crippen molar-refractivity contribution >= 4 is 5.91 Å². The molecule has 1 saturated carbocycles. The maximum atomic E-state index is 11.6. The second kappa shape index (κ2) is 5.45. The number of nitrogens with zero attached hydrogens (tertiary/aromatic N) is 2. The lowest BCUT2D eigenvalue weighted by atomic mass is 10.1. The Bertz CT molecular complexity index is 617. The Morgan fingerprint density at radius 3 is 3.05 bits per heavy atom. The van der Waals surface area contributed by atoms with Crippen molar-refractivity contribution in [2.75, 3.05) is 0 Å². The fourth-order valence-corrected chi connectivity index (χ4v) is 2.06. The van der Waals surface area contributed by atoms with Crippen molar-refractivity contribution in [1.29, 1.82) is 0 Å². The maximum Gasteiger partial charge on any atom is 0.257 e. The summed E-state index contributed by atoms with van der Waals surface area (Å²) in [4.78, 5) is 15.9. The van der Waals surface area contributed by atoms with Crippen LogP contribution in [0.2, 0.25) is 0 Å². The third-order valence-corrected chi connectivity index (χ3v) is 3.35. The fourth-order valence-electron chi connectivity index (χ4n) is 2.06. The van der Waals surface area contributed by atoms with E-state index < -0.39 is 0 Å². The number of hydrogen-bond acceptors (Lipinski definition) is 4. The number of hydrogen-bond donors (Lipinski definition) is 1. The van der Waals surface area contributed by atoms with E-state index in [0.29, 0.717) is 30.6 Å². The number of aryl methyl sites for hydroxylation is 1. The highest BCUT2D eigenvalue weighted by Gasteiger charge is 2.24. The van der Waals surface area contributed by atoms with Gasteiger partial charge in [0, 0.05) is 12.0 Å². The minimum Gasteiger partial charge on any atom is -0.349 e. The molecule has 0 aliphatic heterocycles. The van der Waals surface area contributed by atoms with Crippen molar-refractivity contribution in [2.45, 2.75) is 32.7 Å². The van der Waals surface area contributed by atoms with Gasteiger partial charge in [0.25, 0.3) is 5.89 Å². The van der Waals surface area contributed by atoms with Crippen molar-refractivity contribution in [1.82, 2.24) is 15.5 Å². The molecule has 20 heavy (non-hydrogen) atoms. The Morgan fingerprint density at radius 2 is 2.30 bits per heavy atom. The summed E-state index contributed by atoms with van der Waals surface area (Å²) in [6.45, 7) is 2.33. The van der Waals surface area contributed by atoms with Crippen LogP contribution in [0.1, 0.15) is 30.7 Å². The van der Waals surface area contributed by atoms with Crippen LogP contribution in [0, 0.1) is 12.8 Å². The lowest BCUT2D eigenvalue weighted by Crippen LogP contribution is -2.23. The molecule has 1 N–H and O–H groups in total. The predicted molar refractivity (Wildman–Crippen MR) is 73.7 cm³/mol. The molecule has 1 heterocycles. The number of carbonyl (C=O) groups is 1. The molecule has 3 rings (SSSR count). The van der Waals surface area contributed by atoms with Gasteiger partial charge in [0.1, 0.15) is 0 Å². The van der Waals surface area contributed by atoms with Crippen LogP contribution < -0.4 is 5.32 Å². The highest BCUT2D eigenvalue weighted by molar-refractivity contribution is 5.76. The number of rotatable bonds is 5. The molecule has 1 aliphatic rings. The van der Waals surface area contributed by atoms with Gasteiger partial charge in [-0.25, -0.2) is 0 Å². The summed E-state index contributed by atoms with van der Waals surface area (Å²) in [5.74, 6) is 1.64. The first kappa shape index (κ1) is 12.8. The molecule has 104 valence electrons. The van der Waals surface area contributed by atoms with E-state index in [0.717, 1.165) is 11.1 Å². The zero-order chi connectivity index (χ0) is 13.9.